The molecule has 0 saturated heterocycles. The van der Waals surface area contributed by atoms with Crippen LogP contribution in [0.25, 0.3) is 0 Å². The Morgan fingerprint density at radius 2 is 1.79 bits per heavy atom. The lowest BCUT2D eigenvalue weighted by molar-refractivity contribution is -0.141. The van der Waals surface area contributed by atoms with Gasteiger partial charge in [0.15, 0.2) is 0 Å². The zero-order valence-corrected chi connectivity index (χ0v) is 8.37. The van der Waals surface area contributed by atoms with Crippen molar-refractivity contribution in [1.29, 1.82) is 0 Å². The molecule has 0 atom stereocenters. The molecule has 0 radical (unpaired) electrons. The molecular formula is C10H18N2O2. The van der Waals surface area contributed by atoms with E-state index in [0.717, 1.165) is 38.5 Å². The second-order valence-corrected chi connectivity index (χ2v) is 4.40. The standard InChI is InChI=1S/C10H18N2O2/c11-8-3-5-9(6-4-8)14-12-10(13)7-1-2-7/h7-9H,1-6,11H2,(H,12,13). The summed E-state index contributed by atoms with van der Waals surface area (Å²) in [7, 11) is 0. The molecule has 0 aliphatic heterocycles. The first-order chi connectivity index (χ1) is 6.75. The van der Waals surface area contributed by atoms with Gasteiger partial charge in [-0.2, -0.15) is 0 Å². The van der Waals surface area contributed by atoms with Gasteiger partial charge < -0.3 is 5.73 Å². The topological polar surface area (TPSA) is 64.3 Å². The van der Waals surface area contributed by atoms with E-state index in [2.05, 4.69) is 5.48 Å². The Bertz CT molecular complexity index is 208. The first kappa shape index (κ1) is 9.93. The molecule has 0 unspecified atom stereocenters. The van der Waals surface area contributed by atoms with Crippen LogP contribution in [-0.4, -0.2) is 18.1 Å². The number of nitrogens with two attached hydrogens (primary N) is 1. The Morgan fingerprint density at radius 1 is 1.14 bits per heavy atom. The summed E-state index contributed by atoms with van der Waals surface area (Å²) in [6.07, 6.45) is 6.15. The maximum Gasteiger partial charge on any atom is 0.246 e. The number of hydroxylamine groups is 1. The van der Waals surface area contributed by atoms with Crippen molar-refractivity contribution in [2.75, 3.05) is 0 Å². The molecule has 2 aliphatic carbocycles. The fourth-order valence-corrected chi connectivity index (χ4v) is 1.78. The molecule has 0 bridgehead atoms. The normalized spacial score (nSPS) is 32.6. The average molecular weight is 198 g/mol. The third-order valence-electron chi connectivity index (χ3n) is 2.99. The first-order valence-corrected chi connectivity index (χ1v) is 5.47. The summed E-state index contributed by atoms with van der Waals surface area (Å²) >= 11 is 0. The highest BCUT2D eigenvalue weighted by Crippen LogP contribution is 2.29. The molecule has 0 aromatic carbocycles. The SMILES string of the molecule is NC1CCC(ONC(=O)C2CC2)CC1. The molecule has 0 aromatic heterocycles. The van der Waals surface area contributed by atoms with Gasteiger partial charge in [0.1, 0.15) is 0 Å². The number of carbonyl (C=O) groups is 1. The second-order valence-electron chi connectivity index (χ2n) is 4.40. The van der Waals surface area contributed by atoms with E-state index in [1.165, 1.54) is 0 Å². The molecule has 80 valence electrons. The lowest BCUT2D eigenvalue weighted by atomic mass is 9.94. The van der Waals surface area contributed by atoms with Crippen molar-refractivity contribution in [3.05, 3.63) is 0 Å². The van der Waals surface area contributed by atoms with Crippen LogP contribution in [0.4, 0.5) is 0 Å². The van der Waals surface area contributed by atoms with E-state index in [4.69, 9.17) is 10.6 Å². The molecule has 0 spiro atoms. The number of carbonyl (C=O) groups excluding carboxylic acids is 1. The second kappa shape index (κ2) is 4.28. The molecule has 4 nitrogen and oxygen atoms in total. The van der Waals surface area contributed by atoms with Gasteiger partial charge in [0.05, 0.1) is 6.10 Å². The van der Waals surface area contributed by atoms with E-state index in [1.54, 1.807) is 0 Å². The van der Waals surface area contributed by atoms with Gasteiger partial charge in [0.25, 0.3) is 0 Å². The number of amides is 1. The Labute approximate surface area is 84.1 Å². The average Bonchev–Trinajstić information content (AvgIpc) is 3.00. The molecule has 0 aromatic rings. The van der Waals surface area contributed by atoms with Crippen LogP contribution in [0.15, 0.2) is 0 Å². The zero-order valence-electron chi connectivity index (χ0n) is 8.37. The summed E-state index contributed by atoms with van der Waals surface area (Å²) in [4.78, 5) is 16.6. The van der Waals surface area contributed by atoms with Crippen LogP contribution < -0.4 is 11.2 Å². The summed E-state index contributed by atoms with van der Waals surface area (Å²) in [6, 6.07) is 0.328. The Hall–Kier alpha value is -0.610. The molecular weight excluding hydrogens is 180 g/mol. The zero-order chi connectivity index (χ0) is 9.97. The lowest BCUT2D eigenvalue weighted by Crippen LogP contribution is -2.35. The van der Waals surface area contributed by atoms with Gasteiger partial charge in [-0.25, -0.2) is 5.48 Å². The number of nitrogens with one attached hydrogen (secondary N) is 1. The van der Waals surface area contributed by atoms with Crippen molar-refractivity contribution in [1.82, 2.24) is 5.48 Å². The third kappa shape index (κ3) is 2.69. The van der Waals surface area contributed by atoms with Crippen LogP contribution in [0.5, 0.6) is 0 Å². The summed E-state index contributed by atoms with van der Waals surface area (Å²) in [5, 5.41) is 0. The van der Waals surface area contributed by atoms with Gasteiger partial charge in [-0.3, -0.25) is 9.63 Å². The molecule has 2 rings (SSSR count). The summed E-state index contributed by atoms with van der Waals surface area (Å²) < 4.78 is 0. The monoisotopic (exact) mass is 198 g/mol. The van der Waals surface area contributed by atoms with E-state index in [-0.39, 0.29) is 17.9 Å². The van der Waals surface area contributed by atoms with Crippen molar-refractivity contribution < 1.29 is 9.63 Å². The summed E-state index contributed by atoms with van der Waals surface area (Å²) in [5.41, 5.74) is 8.32. The van der Waals surface area contributed by atoms with Crippen molar-refractivity contribution >= 4 is 5.91 Å². The van der Waals surface area contributed by atoms with E-state index in [9.17, 15) is 4.79 Å². The molecule has 0 heterocycles. The summed E-state index contributed by atoms with van der Waals surface area (Å²) in [5.74, 6) is 0.278. The fourth-order valence-electron chi connectivity index (χ4n) is 1.78. The van der Waals surface area contributed by atoms with Gasteiger partial charge in [0.2, 0.25) is 5.91 Å². The van der Waals surface area contributed by atoms with E-state index < -0.39 is 0 Å². The molecule has 4 heteroatoms. The molecule has 1 amide bonds. The number of hydrogen-bond donors (Lipinski definition) is 2. The molecule has 2 saturated carbocycles. The van der Waals surface area contributed by atoms with Gasteiger partial charge in [-0.15, -0.1) is 0 Å². The fraction of sp³-hybridized carbons (Fsp3) is 0.900. The maximum atomic E-state index is 11.3. The Morgan fingerprint density at radius 3 is 2.36 bits per heavy atom. The highest BCUT2D eigenvalue weighted by Gasteiger charge is 2.30. The van der Waals surface area contributed by atoms with Crippen molar-refractivity contribution in [3.63, 3.8) is 0 Å². The lowest BCUT2D eigenvalue weighted by Gasteiger charge is -2.25. The summed E-state index contributed by atoms with van der Waals surface area (Å²) in [6.45, 7) is 0. The minimum absolute atomic E-state index is 0.0554. The first-order valence-electron chi connectivity index (χ1n) is 5.47. The largest absolute Gasteiger partial charge is 0.328 e. The van der Waals surface area contributed by atoms with Crippen LogP contribution in [0, 0.1) is 5.92 Å². The smallest absolute Gasteiger partial charge is 0.246 e. The minimum atomic E-state index is 0.0554. The predicted octanol–water partition coefficient (Wildman–Crippen LogP) is 0.714. The number of hydrogen-bond acceptors (Lipinski definition) is 3. The number of rotatable bonds is 3. The van der Waals surface area contributed by atoms with E-state index in [0.29, 0.717) is 6.04 Å². The minimum Gasteiger partial charge on any atom is -0.328 e. The van der Waals surface area contributed by atoms with Crippen LogP contribution >= 0.6 is 0 Å². The van der Waals surface area contributed by atoms with Crippen LogP contribution in [0.1, 0.15) is 38.5 Å². The Balaban J connectivity index is 1.62. The van der Waals surface area contributed by atoms with Crippen LogP contribution in [0.2, 0.25) is 0 Å². The quantitative estimate of drug-likeness (QED) is 0.656. The maximum absolute atomic E-state index is 11.3. The van der Waals surface area contributed by atoms with Gasteiger partial charge in [-0.1, -0.05) is 0 Å². The Kier molecular flexibility index (Phi) is 3.03. The van der Waals surface area contributed by atoms with Crippen molar-refractivity contribution in [3.8, 4) is 0 Å². The molecule has 2 aliphatic rings. The van der Waals surface area contributed by atoms with Crippen LogP contribution in [-0.2, 0) is 9.63 Å². The van der Waals surface area contributed by atoms with Crippen molar-refractivity contribution in [2.24, 2.45) is 11.7 Å². The highest BCUT2D eigenvalue weighted by atomic mass is 16.7. The molecule has 14 heavy (non-hydrogen) atoms. The van der Waals surface area contributed by atoms with Gasteiger partial charge >= 0.3 is 0 Å². The van der Waals surface area contributed by atoms with Crippen molar-refractivity contribution in [2.45, 2.75) is 50.7 Å². The third-order valence-corrected chi connectivity index (χ3v) is 2.99. The van der Waals surface area contributed by atoms with E-state index >= 15 is 0 Å². The highest BCUT2D eigenvalue weighted by molar-refractivity contribution is 5.79. The molecule has 3 N–H and O–H groups in total. The van der Waals surface area contributed by atoms with Gasteiger partial charge in [-0.05, 0) is 38.5 Å². The van der Waals surface area contributed by atoms with E-state index in [1.807, 2.05) is 0 Å². The van der Waals surface area contributed by atoms with Gasteiger partial charge in [0, 0.05) is 12.0 Å². The molecule has 2 fully saturated rings. The predicted molar refractivity (Wildman–Crippen MR) is 52.2 cm³/mol. The van der Waals surface area contributed by atoms with Crippen LogP contribution in [0.3, 0.4) is 0 Å².